The third-order valence-electron chi connectivity index (χ3n) is 4.40. The van der Waals surface area contributed by atoms with Crippen molar-refractivity contribution in [3.8, 4) is 11.5 Å². The van der Waals surface area contributed by atoms with Crippen LogP contribution in [0, 0.1) is 6.92 Å². The fraction of sp³-hybridized carbons (Fsp3) is 0.182. The molecule has 0 unspecified atom stereocenters. The summed E-state index contributed by atoms with van der Waals surface area (Å²) in [6, 6.07) is 15.2. The minimum atomic E-state index is -0.279. The highest BCUT2D eigenvalue weighted by molar-refractivity contribution is 6.05. The van der Waals surface area contributed by atoms with Gasteiger partial charge in [0.15, 0.2) is 0 Å². The number of rotatable bonds is 7. The summed E-state index contributed by atoms with van der Waals surface area (Å²) in [4.78, 5) is 16.9. The molecule has 6 nitrogen and oxygen atoms in total. The second-order valence-electron chi connectivity index (χ2n) is 6.26. The summed E-state index contributed by atoms with van der Waals surface area (Å²) in [5.41, 5.74) is 4.15. The average molecular weight is 377 g/mol. The number of carbonyl (C=O) groups excluding carboxylic acids is 1. The van der Waals surface area contributed by atoms with Gasteiger partial charge in [-0.05, 0) is 36.2 Å². The van der Waals surface area contributed by atoms with Crippen LogP contribution in [-0.4, -0.2) is 25.1 Å². The number of hydrogen-bond acceptors (Lipinski definition) is 5. The molecule has 144 valence electrons. The van der Waals surface area contributed by atoms with Gasteiger partial charge in [-0.3, -0.25) is 9.78 Å². The fourth-order valence-corrected chi connectivity index (χ4v) is 2.77. The molecule has 2 N–H and O–H groups in total. The molecule has 2 aromatic carbocycles. The SMILES string of the molecule is COc1ccc(OC)c(NC(=O)c2cncc(NCc3ccccc3C)c2)c1. The molecule has 0 aliphatic heterocycles. The third kappa shape index (κ3) is 4.59. The predicted octanol–water partition coefficient (Wildman–Crippen LogP) is 4.27. The lowest BCUT2D eigenvalue weighted by molar-refractivity contribution is 0.102. The molecule has 0 aliphatic carbocycles. The number of pyridine rings is 1. The van der Waals surface area contributed by atoms with Crippen LogP contribution < -0.4 is 20.1 Å². The smallest absolute Gasteiger partial charge is 0.257 e. The normalized spacial score (nSPS) is 10.2. The standard InChI is InChI=1S/C22H23N3O3/c1-15-6-4-5-7-16(15)13-24-18-10-17(12-23-14-18)22(26)25-20-11-19(27-2)8-9-21(20)28-3/h4-12,14,24H,13H2,1-3H3,(H,25,26). The van der Waals surface area contributed by atoms with Gasteiger partial charge in [0.25, 0.3) is 5.91 Å². The highest BCUT2D eigenvalue weighted by atomic mass is 16.5. The molecule has 3 aromatic rings. The van der Waals surface area contributed by atoms with Crippen molar-refractivity contribution >= 4 is 17.3 Å². The Morgan fingerprint density at radius 3 is 2.61 bits per heavy atom. The number of carbonyl (C=O) groups is 1. The molecule has 0 radical (unpaired) electrons. The van der Waals surface area contributed by atoms with Gasteiger partial charge in [-0.2, -0.15) is 0 Å². The van der Waals surface area contributed by atoms with E-state index in [1.54, 1.807) is 44.7 Å². The Balaban J connectivity index is 1.73. The van der Waals surface area contributed by atoms with Crippen LogP contribution in [0.4, 0.5) is 11.4 Å². The zero-order valence-electron chi connectivity index (χ0n) is 16.2. The number of aromatic nitrogens is 1. The van der Waals surface area contributed by atoms with Gasteiger partial charge in [-0.15, -0.1) is 0 Å². The number of nitrogens with zero attached hydrogens (tertiary/aromatic N) is 1. The summed E-state index contributed by atoms with van der Waals surface area (Å²) in [6.07, 6.45) is 3.22. The van der Waals surface area contributed by atoms with E-state index in [1.807, 2.05) is 12.1 Å². The van der Waals surface area contributed by atoms with Crippen molar-refractivity contribution in [1.29, 1.82) is 0 Å². The maximum Gasteiger partial charge on any atom is 0.257 e. The summed E-state index contributed by atoms with van der Waals surface area (Å²) in [7, 11) is 3.12. The van der Waals surface area contributed by atoms with E-state index >= 15 is 0 Å². The van der Waals surface area contributed by atoms with Crippen LogP contribution in [0.15, 0.2) is 60.9 Å². The molecule has 1 heterocycles. The molecular weight excluding hydrogens is 354 g/mol. The number of hydrogen-bond donors (Lipinski definition) is 2. The minimum absolute atomic E-state index is 0.279. The lowest BCUT2D eigenvalue weighted by Gasteiger charge is -2.13. The first-order chi connectivity index (χ1) is 13.6. The fourth-order valence-electron chi connectivity index (χ4n) is 2.77. The first-order valence-corrected chi connectivity index (χ1v) is 8.87. The number of methoxy groups -OCH3 is 2. The van der Waals surface area contributed by atoms with Crippen molar-refractivity contribution in [2.24, 2.45) is 0 Å². The van der Waals surface area contributed by atoms with E-state index in [1.165, 1.54) is 17.3 Å². The minimum Gasteiger partial charge on any atom is -0.497 e. The molecular formula is C22H23N3O3. The Labute approximate surface area is 164 Å². The van der Waals surface area contributed by atoms with E-state index in [2.05, 4.69) is 34.7 Å². The second-order valence-corrected chi connectivity index (χ2v) is 6.26. The highest BCUT2D eigenvalue weighted by Crippen LogP contribution is 2.29. The Morgan fingerprint density at radius 1 is 1.04 bits per heavy atom. The van der Waals surface area contributed by atoms with Crippen molar-refractivity contribution in [3.05, 3.63) is 77.6 Å². The molecule has 0 aliphatic rings. The van der Waals surface area contributed by atoms with Crippen LogP contribution in [0.2, 0.25) is 0 Å². The number of nitrogens with one attached hydrogen (secondary N) is 2. The van der Waals surface area contributed by atoms with Crippen LogP contribution in [0.5, 0.6) is 11.5 Å². The van der Waals surface area contributed by atoms with Crippen LogP contribution in [0.1, 0.15) is 21.5 Å². The van der Waals surface area contributed by atoms with Gasteiger partial charge < -0.3 is 20.1 Å². The number of amides is 1. The van der Waals surface area contributed by atoms with E-state index in [-0.39, 0.29) is 5.91 Å². The maximum absolute atomic E-state index is 12.7. The molecule has 6 heteroatoms. The summed E-state index contributed by atoms with van der Waals surface area (Å²) >= 11 is 0. The number of aryl methyl sites for hydroxylation is 1. The molecule has 0 saturated carbocycles. The van der Waals surface area contributed by atoms with Gasteiger partial charge in [-0.25, -0.2) is 0 Å². The lowest BCUT2D eigenvalue weighted by Crippen LogP contribution is -2.13. The summed E-state index contributed by atoms with van der Waals surface area (Å²) in [6.45, 7) is 2.73. The molecule has 1 amide bonds. The van der Waals surface area contributed by atoms with Gasteiger partial charge in [0.05, 0.1) is 31.2 Å². The van der Waals surface area contributed by atoms with Crippen LogP contribution in [0.3, 0.4) is 0 Å². The Hall–Kier alpha value is -3.54. The molecule has 0 atom stereocenters. The van der Waals surface area contributed by atoms with E-state index in [0.717, 1.165) is 5.69 Å². The first-order valence-electron chi connectivity index (χ1n) is 8.87. The largest absolute Gasteiger partial charge is 0.497 e. The van der Waals surface area contributed by atoms with Gasteiger partial charge in [0.2, 0.25) is 0 Å². The van der Waals surface area contributed by atoms with E-state index in [4.69, 9.17) is 9.47 Å². The van der Waals surface area contributed by atoms with Crippen molar-refractivity contribution in [1.82, 2.24) is 4.98 Å². The van der Waals surface area contributed by atoms with Gasteiger partial charge in [0.1, 0.15) is 11.5 Å². The van der Waals surface area contributed by atoms with Crippen molar-refractivity contribution < 1.29 is 14.3 Å². The van der Waals surface area contributed by atoms with Gasteiger partial charge in [-0.1, -0.05) is 24.3 Å². The number of ether oxygens (including phenoxy) is 2. The molecule has 1 aromatic heterocycles. The zero-order chi connectivity index (χ0) is 19.9. The molecule has 0 saturated heterocycles. The zero-order valence-corrected chi connectivity index (χ0v) is 16.2. The number of anilines is 2. The second kappa shape index (κ2) is 8.90. The summed E-state index contributed by atoms with van der Waals surface area (Å²) < 4.78 is 10.5. The maximum atomic E-state index is 12.7. The van der Waals surface area contributed by atoms with Crippen molar-refractivity contribution in [2.75, 3.05) is 24.9 Å². The Bertz CT molecular complexity index is 973. The predicted molar refractivity (Wildman–Crippen MR) is 110 cm³/mol. The molecule has 3 rings (SSSR count). The third-order valence-corrected chi connectivity index (χ3v) is 4.40. The van der Waals surface area contributed by atoms with E-state index in [9.17, 15) is 4.79 Å². The van der Waals surface area contributed by atoms with Gasteiger partial charge >= 0.3 is 0 Å². The molecule has 0 bridgehead atoms. The summed E-state index contributed by atoms with van der Waals surface area (Å²) in [5, 5.41) is 6.17. The quantitative estimate of drug-likeness (QED) is 0.643. The molecule has 28 heavy (non-hydrogen) atoms. The van der Waals surface area contributed by atoms with E-state index < -0.39 is 0 Å². The Kier molecular flexibility index (Phi) is 6.11. The Morgan fingerprint density at radius 2 is 1.86 bits per heavy atom. The average Bonchev–Trinajstić information content (AvgIpc) is 2.73. The van der Waals surface area contributed by atoms with Crippen LogP contribution in [-0.2, 0) is 6.54 Å². The molecule has 0 fully saturated rings. The number of benzene rings is 2. The first kappa shape index (κ1) is 19.2. The lowest BCUT2D eigenvalue weighted by atomic mass is 10.1. The summed E-state index contributed by atoms with van der Waals surface area (Å²) in [5.74, 6) is 0.900. The monoisotopic (exact) mass is 377 g/mol. The van der Waals surface area contributed by atoms with Crippen molar-refractivity contribution in [2.45, 2.75) is 13.5 Å². The highest BCUT2D eigenvalue weighted by Gasteiger charge is 2.12. The van der Waals surface area contributed by atoms with Crippen LogP contribution in [0.25, 0.3) is 0 Å². The molecule has 0 spiro atoms. The topological polar surface area (TPSA) is 72.5 Å². The van der Waals surface area contributed by atoms with E-state index in [0.29, 0.717) is 29.3 Å². The van der Waals surface area contributed by atoms with Gasteiger partial charge in [0, 0.05) is 25.0 Å². The van der Waals surface area contributed by atoms with Crippen molar-refractivity contribution in [3.63, 3.8) is 0 Å². The van der Waals surface area contributed by atoms with Crippen LogP contribution >= 0.6 is 0 Å².